The minimum Gasteiger partial charge on any atom is -0.465 e. The van der Waals surface area contributed by atoms with E-state index in [9.17, 15) is 14.7 Å². The van der Waals surface area contributed by atoms with E-state index in [1.165, 1.54) is 11.1 Å². The summed E-state index contributed by atoms with van der Waals surface area (Å²) < 4.78 is 0. The van der Waals surface area contributed by atoms with Crippen LogP contribution in [0.25, 0.3) is 0 Å². The molecule has 25 heavy (non-hydrogen) atoms. The molecule has 1 saturated carbocycles. The van der Waals surface area contributed by atoms with Crippen molar-refractivity contribution in [1.29, 1.82) is 0 Å². The Hall–Kier alpha value is -1.82. The summed E-state index contributed by atoms with van der Waals surface area (Å²) in [6.07, 6.45) is 3.03. The average Bonchev–Trinajstić information content (AvgIpc) is 2.43. The second-order valence-electron chi connectivity index (χ2n) is 7.95. The molecule has 1 aromatic rings. The van der Waals surface area contributed by atoms with Gasteiger partial charge >= 0.3 is 6.09 Å². The summed E-state index contributed by atoms with van der Waals surface area (Å²) in [5.74, 6) is -0.618. The Morgan fingerprint density at radius 2 is 1.96 bits per heavy atom. The molecule has 0 saturated heterocycles. The van der Waals surface area contributed by atoms with Gasteiger partial charge in [0.15, 0.2) is 0 Å². The fourth-order valence-electron chi connectivity index (χ4n) is 3.89. The van der Waals surface area contributed by atoms with Crippen molar-refractivity contribution < 1.29 is 14.7 Å². The van der Waals surface area contributed by atoms with Crippen LogP contribution in [0.4, 0.5) is 4.79 Å². The quantitative estimate of drug-likeness (QED) is 0.779. The second kappa shape index (κ2) is 6.83. The Kier molecular flexibility index (Phi) is 5.33. The van der Waals surface area contributed by atoms with Crippen LogP contribution in [0.15, 0.2) is 18.3 Å². The van der Waals surface area contributed by atoms with E-state index < -0.39 is 28.9 Å². The smallest absolute Gasteiger partial charge is 0.407 e. The second-order valence-corrected chi connectivity index (χ2v) is 8.31. The Labute approximate surface area is 153 Å². The highest BCUT2D eigenvalue weighted by Crippen LogP contribution is 2.45. The predicted octanol–water partition coefficient (Wildman–Crippen LogP) is 3.43. The summed E-state index contributed by atoms with van der Waals surface area (Å²) in [7, 11) is 0. The van der Waals surface area contributed by atoms with Gasteiger partial charge < -0.3 is 15.7 Å². The van der Waals surface area contributed by atoms with E-state index in [1.54, 1.807) is 19.1 Å². The lowest BCUT2D eigenvalue weighted by atomic mass is 9.64. The zero-order valence-corrected chi connectivity index (χ0v) is 15.9. The SMILES string of the molecule is CC(C)(C)C(N(C(=O)O)C1CCC1)C(C)(C(N)=O)c1cccnc1Cl. The fourth-order valence-corrected chi connectivity index (χ4v) is 4.21. The van der Waals surface area contributed by atoms with Crippen LogP contribution in [0.1, 0.15) is 52.5 Å². The number of carboxylic acid groups (broad SMARTS) is 1. The molecule has 6 nitrogen and oxygen atoms in total. The molecule has 3 N–H and O–H groups in total. The van der Waals surface area contributed by atoms with Crippen LogP contribution in [0.5, 0.6) is 0 Å². The van der Waals surface area contributed by atoms with Gasteiger partial charge in [0, 0.05) is 17.8 Å². The molecule has 138 valence electrons. The molecule has 1 aromatic heterocycles. The van der Waals surface area contributed by atoms with E-state index in [0.717, 1.165) is 19.3 Å². The molecule has 0 spiro atoms. The monoisotopic (exact) mass is 367 g/mol. The van der Waals surface area contributed by atoms with Gasteiger partial charge in [-0.05, 0) is 37.7 Å². The number of aromatic nitrogens is 1. The number of pyridine rings is 1. The number of halogens is 1. The van der Waals surface area contributed by atoms with Crippen LogP contribution in [-0.4, -0.2) is 39.1 Å². The van der Waals surface area contributed by atoms with Crippen LogP contribution in [0, 0.1) is 5.41 Å². The standard InChI is InChI=1S/C18H26ClN3O3/c1-17(2,3)14(22(16(24)25)11-7-5-8-11)18(4,15(20)23)12-9-6-10-21-13(12)19/h6,9-11,14H,5,7-8H2,1-4H3,(H2,20,23)(H,24,25). The third kappa shape index (κ3) is 3.45. The van der Waals surface area contributed by atoms with Gasteiger partial charge in [0.2, 0.25) is 5.91 Å². The van der Waals surface area contributed by atoms with Crippen LogP contribution in [0.2, 0.25) is 5.15 Å². The van der Waals surface area contributed by atoms with Crippen molar-refractivity contribution in [1.82, 2.24) is 9.88 Å². The van der Waals surface area contributed by atoms with Crippen LogP contribution >= 0.6 is 11.6 Å². The van der Waals surface area contributed by atoms with E-state index in [1.807, 2.05) is 20.8 Å². The fraction of sp³-hybridized carbons (Fsp3) is 0.611. The van der Waals surface area contributed by atoms with Crippen molar-refractivity contribution in [3.63, 3.8) is 0 Å². The van der Waals surface area contributed by atoms with Gasteiger partial charge in [-0.2, -0.15) is 0 Å². The number of carbonyl (C=O) groups excluding carboxylic acids is 1. The number of nitrogens with two attached hydrogens (primary N) is 1. The van der Waals surface area contributed by atoms with Crippen LogP contribution in [0.3, 0.4) is 0 Å². The van der Waals surface area contributed by atoms with E-state index in [2.05, 4.69) is 4.98 Å². The zero-order valence-electron chi connectivity index (χ0n) is 15.1. The number of primary amides is 1. The van der Waals surface area contributed by atoms with Gasteiger partial charge in [0.05, 0.1) is 11.5 Å². The van der Waals surface area contributed by atoms with Crippen molar-refractivity contribution in [3.05, 3.63) is 29.0 Å². The Morgan fingerprint density at radius 3 is 2.32 bits per heavy atom. The third-order valence-corrected chi connectivity index (χ3v) is 5.47. The molecule has 7 heteroatoms. The van der Waals surface area contributed by atoms with Gasteiger partial charge in [-0.1, -0.05) is 38.4 Å². The number of hydrogen-bond donors (Lipinski definition) is 2. The summed E-state index contributed by atoms with van der Waals surface area (Å²) in [5, 5.41) is 10.1. The first kappa shape index (κ1) is 19.5. The molecule has 1 aliphatic carbocycles. The maximum absolute atomic E-state index is 12.6. The number of carbonyl (C=O) groups is 2. The first-order valence-electron chi connectivity index (χ1n) is 8.43. The third-order valence-electron chi connectivity index (χ3n) is 5.16. The van der Waals surface area contributed by atoms with Crippen molar-refractivity contribution in [2.75, 3.05) is 0 Å². The van der Waals surface area contributed by atoms with Crippen LogP contribution < -0.4 is 5.73 Å². The van der Waals surface area contributed by atoms with Gasteiger partial charge in [-0.3, -0.25) is 4.79 Å². The van der Waals surface area contributed by atoms with Crippen molar-refractivity contribution >= 4 is 23.6 Å². The minimum atomic E-state index is -1.31. The predicted molar refractivity (Wildman–Crippen MR) is 96.5 cm³/mol. The lowest BCUT2D eigenvalue weighted by molar-refractivity contribution is -0.128. The minimum absolute atomic E-state index is 0.115. The number of nitrogens with zero attached hydrogens (tertiary/aromatic N) is 2. The van der Waals surface area contributed by atoms with Crippen molar-refractivity contribution in [3.8, 4) is 0 Å². The molecule has 2 amide bonds. The zero-order chi connectivity index (χ0) is 19.0. The molecule has 0 aliphatic heterocycles. The Bertz CT molecular complexity index is 670. The molecule has 2 unspecified atom stereocenters. The summed E-state index contributed by atoms with van der Waals surface area (Å²) in [5.41, 5.74) is 4.42. The molecule has 0 aromatic carbocycles. The lowest BCUT2D eigenvalue weighted by Crippen LogP contribution is -2.65. The maximum atomic E-state index is 12.6. The van der Waals surface area contributed by atoms with Crippen molar-refractivity contribution in [2.45, 2.75) is 64.5 Å². The maximum Gasteiger partial charge on any atom is 0.407 e. The summed E-state index contributed by atoms with van der Waals surface area (Å²) in [4.78, 5) is 30.2. The van der Waals surface area contributed by atoms with Crippen molar-refractivity contribution in [2.24, 2.45) is 11.1 Å². The summed E-state index contributed by atoms with van der Waals surface area (Å²) in [6.45, 7) is 7.41. The summed E-state index contributed by atoms with van der Waals surface area (Å²) >= 11 is 6.27. The first-order chi connectivity index (χ1) is 11.5. The number of rotatable bonds is 5. The first-order valence-corrected chi connectivity index (χ1v) is 8.81. The Balaban J connectivity index is 2.69. The largest absolute Gasteiger partial charge is 0.465 e. The molecule has 2 atom stereocenters. The highest BCUT2D eigenvalue weighted by molar-refractivity contribution is 6.30. The van der Waals surface area contributed by atoms with E-state index in [0.29, 0.717) is 5.56 Å². The molecular weight excluding hydrogens is 342 g/mol. The molecular formula is C18H26ClN3O3. The molecule has 0 radical (unpaired) electrons. The topological polar surface area (TPSA) is 96.5 Å². The highest BCUT2D eigenvalue weighted by Gasteiger charge is 2.54. The highest BCUT2D eigenvalue weighted by atomic mass is 35.5. The number of amides is 2. The lowest BCUT2D eigenvalue weighted by Gasteiger charge is -2.52. The summed E-state index contributed by atoms with van der Waals surface area (Å²) in [6, 6.07) is 2.58. The van der Waals surface area contributed by atoms with Gasteiger partial charge in [-0.25, -0.2) is 9.78 Å². The molecule has 1 heterocycles. The molecule has 1 fully saturated rings. The van der Waals surface area contributed by atoms with Crippen LogP contribution in [-0.2, 0) is 10.2 Å². The van der Waals surface area contributed by atoms with Gasteiger partial charge in [0.1, 0.15) is 5.15 Å². The van der Waals surface area contributed by atoms with E-state index in [4.69, 9.17) is 17.3 Å². The van der Waals surface area contributed by atoms with Gasteiger partial charge in [0.25, 0.3) is 0 Å². The number of hydrogen-bond acceptors (Lipinski definition) is 3. The molecule has 1 aliphatic rings. The van der Waals surface area contributed by atoms with E-state index >= 15 is 0 Å². The normalized spacial score (nSPS) is 18.8. The molecule has 2 rings (SSSR count). The Morgan fingerprint density at radius 1 is 1.36 bits per heavy atom. The van der Waals surface area contributed by atoms with Gasteiger partial charge in [-0.15, -0.1) is 0 Å². The molecule has 0 bridgehead atoms. The average molecular weight is 368 g/mol. The van der Waals surface area contributed by atoms with E-state index in [-0.39, 0.29) is 11.2 Å².